The number of amides is 2. The Kier molecular flexibility index (Phi) is 7.29. The van der Waals surface area contributed by atoms with E-state index < -0.39 is 0 Å². The number of anilines is 2. The number of aromatic nitrogens is 3. The van der Waals surface area contributed by atoms with Gasteiger partial charge < -0.3 is 15.7 Å². The van der Waals surface area contributed by atoms with Gasteiger partial charge in [-0.2, -0.15) is 0 Å². The van der Waals surface area contributed by atoms with E-state index in [0.717, 1.165) is 10.2 Å². The molecule has 0 aliphatic rings. The largest absolute Gasteiger partial charge is 0.507 e. The van der Waals surface area contributed by atoms with Crippen molar-refractivity contribution in [1.82, 2.24) is 14.8 Å². The predicted octanol–water partition coefficient (Wildman–Crippen LogP) is 5.09. The van der Waals surface area contributed by atoms with Crippen molar-refractivity contribution < 1.29 is 14.7 Å². The van der Waals surface area contributed by atoms with Crippen LogP contribution in [0.3, 0.4) is 0 Å². The minimum absolute atomic E-state index is 0.0739. The Balaban J connectivity index is 1.54. The number of benzene rings is 3. The molecule has 0 atom stereocenters. The third-order valence-corrected chi connectivity index (χ3v) is 6.09. The molecule has 172 valence electrons. The molecular formula is C24H20BrN5O3S. The van der Waals surface area contributed by atoms with E-state index in [2.05, 4.69) is 36.8 Å². The number of phenolic OH excluding ortho intramolecular Hbond substituents is 1. The van der Waals surface area contributed by atoms with Gasteiger partial charge in [0.15, 0.2) is 11.0 Å². The summed E-state index contributed by atoms with van der Waals surface area (Å²) in [5, 5.41) is 25.0. The first-order chi connectivity index (χ1) is 16.4. The summed E-state index contributed by atoms with van der Waals surface area (Å²) in [7, 11) is 0. The normalized spacial score (nSPS) is 10.6. The van der Waals surface area contributed by atoms with E-state index in [1.54, 1.807) is 42.5 Å². The lowest BCUT2D eigenvalue weighted by molar-refractivity contribution is -0.114. The number of hydrogen-bond acceptors (Lipinski definition) is 6. The molecule has 4 aromatic rings. The Bertz CT molecular complexity index is 1330. The second kappa shape index (κ2) is 10.5. The summed E-state index contributed by atoms with van der Waals surface area (Å²) in [5.74, 6) is 0.257. The second-order valence-electron chi connectivity index (χ2n) is 7.23. The summed E-state index contributed by atoms with van der Waals surface area (Å²) in [5.41, 5.74) is 2.59. The van der Waals surface area contributed by atoms with Gasteiger partial charge in [0.2, 0.25) is 11.8 Å². The highest BCUT2D eigenvalue weighted by molar-refractivity contribution is 9.10. The minimum Gasteiger partial charge on any atom is -0.507 e. The number of hydrogen-bond donors (Lipinski definition) is 3. The number of para-hydroxylation sites is 1. The molecule has 0 aliphatic carbocycles. The number of carbonyl (C=O) groups excluding carboxylic acids is 2. The highest BCUT2D eigenvalue weighted by Gasteiger charge is 2.19. The molecule has 0 aliphatic heterocycles. The van der Waals surface area contributed by atoms with E-state index in [0.29, 0.717) is 27.9 Å². The zero-order valence-corrected chi connectivity index (χ0v) is 20.4. The number of rotatable bonds is 7. The molecule has 0 radical (unpaired) electrons. The molecule has 3 aromatic carbocycles. The van der Waals surface area contributed by atoms with Gasteiger partial charge in [0.25, 0.3) is 0 Å². The molecule has 0 saturated heterocycles. The zero-order chi connectivity index (χ0) is 24.1. The van der Waals surface area contributed by atoms with Gasteiger partial charge >= 0.3 is 0 Å². The van der Waals surface area contributed by atoms with Crippen LogP contribution in [0.2, 0.25) is 0 Å². The van der Waals surface area contributed by atoms with E-state index in [1.165, 1.54) is 18.7 Å². The fourth-order valence-corrected chi connectivity index (χ4v) is 4.32. The molecule has 0 spiro atoms. The highest BCUT2D eigenvalue weighted by Crippen LogP contribution is 2.34. The van der Waals surface area contributed by atoms with Crippen LogP contribution in [-0.4, -0.2) is 37.4 Å². The van der Waals surface area contributed by atoms with Gasteiger partial charge in [-0.25, -0.2) is 0 Å². The van der Waals surface area contributed by atoms with Crippen LogP contribution < -0.4 is 10.6 Å². The van der Waals surface area contributed by atoms with Crippen molar-refractivity contribution in [2.45, 2.75) is 12.1 Å². The van der Waals surface area contributed by atoms with E-state index in [4.69, 9.17) is 0 Å². The SMILES string of the molecule is CC(=O)Nc1ccc(NC(=O)CSc2nnc(-c3cc(Br)ccc3O)n2-c2ccccc2)cc1. The summed E-state index contributed by atoms with van der Waals surface area (Å²) in [4.78, 5) is 23.7. The van der Waals surface area contributed by atoms with Crippen LogP contribution in [-0.2, 0) is 9.59 Å². The Morgan fingerprint density at radius 3 is 2.32 bits per heavy atom. The molecule has 1 aromatic heterocycles. The predicted molar refractivity (Wildman–Crippen MR) is 136 cm³/mol. The number of nitrogens with zero attached hydrogens (tertiary/aromatic N) is 3. The van der Waals surface area contributed by atoms with E-state index >= 15 is 0 Å². The zero-order valence-electron chi connectivity index (χ0n) is 18.0. The molecule has 0 bridgehead atoms. The molecule has 10 heteroatoms. The Hall–Kier alpha value is -3.63. The van der Waals surface area contributed by atoms with Gasteiger partial charge in [0.1, 0.15) is 5.75 Å². The van der Waals surface area contributed by atoms with Crippen molar-refractivity contribution in [2.24, 2.45) is 0 Å². The fraction of sp³-hybridized carbons (Fsp3) is 0.0833. The number of aromatic hydroxyl groups is 1. The molecule has 0 fully saturated rings. The maximum absolute atomic E-state index is 12.6. The topological polar surface area (TPSA) is 109 Å². The average molecular weight is 538 g/mol. The van der Waals surface area contributed by atoms with Gasteiger partial charge in [-0.3, -0.25) is 14.2 Å². The first kappa shape index (κ1) is 23.5. The molecule has 3 N–H and O–H groups in total. The van der Waals surface area contributed by atoms with Crippen LogP contribution in [0.25, 0.3) is 17.1 Å². The number of nitrogens with one attached hydrogen (secondary N) is 2. The Labute approximate surface area is 208 Å². The second-order valence-corrected chi connectivity index (χ2v) is 9.09. The summed E-state index contributed by atoms with van der Waals surface area (Å²) in [6.07, 6.45) is 0. The van der Waals surface area contributed by atoms with Gasteiger partial charge in [0, 0.05) is 28.5 Å². The lowest BCUT2D eigenvalue weighted by Crippen LogP contribution is -2.14. The standard InChI is InChI=1S/C24H20BrN5O3S/c1-15(31)26-17-8-10-18(11-9-17)27-22(33)14-34-24-29-28-23(20-13-16(25)7-12-21(20)32)30(24)19-5-3-2-4-6-19/h2-13,32H,14H2,1H3,(H,26,31)(H,27,33). The molecule has 0 unspecified atom stereocenters. The smallest absolute Gasteiger partial charge is 0.234 e. The van der Waals surface area contributed by atoms with Crippen molar-refractivity contribution in [2.75, 3.05) is 16.4 Å². The Morgan fingerprint density at radius 2 is 1.65 bits per heavy atom. The van der Waals surface area contributed by atoms with Gasteiger partial charge in [-0.1, -0.05) is 45.9 Å². The molecule has 34 heavy (non-hydrogen) atoms. The van der Waals surface area contributed by atoms with Crippen LogP contribution in [0, 0.1) is 0 Å². The third-order valence-electron chi connectivity index (χ3n) is 4.67. The molecule has 2 amide bonds. The van der Waals surface area contributed by atoms with Gasteiger partial charge in [-0.15, -0.1) is 10.2 Å². The van der Waals surface area contributed by atoms with Gasteiger partial charge in [0.05, 0.1) is 11.3 Å². The van der Waals surface area contributed by atoms with Crippen molar-refractivity contribution in [3.05, 3.63) is 77.3 Å². The number of phenols is 1. The van der Waals surface area contributed by atoms with Crippen LogP contribution in [0.15, 0.2) is 82.4 Å². The average Bonchev–Trinajstić information content (AvgIpc) is 3.24. The summed E-state index contributed by atoms with van der Waals surface area (Å²) < 4.78 is 2.60. The Morgan fingerprint density at radius 1 is 0.971 bits per heavy atom. The summed E-state index contributed by atoms with van der Waals surface area (Å²) in [6, 6.07) is 21.5. The molecule has 1 heterocycles. The molecular weight excluding hydrogens is 518 g/mol. The van der Waals surface area contributed by atoms with Crippen LogP contribution >= 0.6 is 27.7 Å². The maximum atomic E-state index is 12.6. The van der Waals surface area contributed by atoms with Crippen molar-refractivity contribution >= 4 is 50.9 Å². The number of thioether (sulfide) groups is 1. The minimum atomic E-state index is -0.216. The van der Waals surface area contributed by atoms with Crippen molar-refractivity contribution in [1.29, 1.82) is 0 Å². The van der Waals surface area contributed by atoms with Crippen molar-refractivity contribution in [3.63, 3.8) is 0 Å². The first-order valence-corrected chi connectivity index (χ1v) is 12.0. The van der Waals surface area contributed by atoms with Crippen LogP contribution in [0.4, 0.5) is 11.4 Å². The number of halogens is 1. The summed E-state index contributed by atoms with van der Waals surface area (Å²) >= 11 is 4.66. The first-order valence-electron chi connectivity index (χ1n) is 10.2. The quantitative estimate of drug-likeness (QED) is 0.283. The van der Waals surface area contributed by atoms with E-state index in [9.17, 15) is 14.7 Å². The summed E-state index contributed by atoms with van der Waals surface area (Å²) in [6.45, 7) is 1.44. The fourth-order valence-electron chi connectivity index (χ4n) is 3.20. The number of carbonyl (C=O) groups is 2. The molecule has 0 saturated carbocycles. The molecule has 4 rings (SSSR count). The third kappa shape index (κ3) is 5.64. The van der Waals surface area contributed by atoms with Crippen LogP contribution in [0.1, 0.15) is 6.92 Å². The van der Waals surface area contributed by atoms with Crippen LogP contribution in [0.5, 0.6) is 5.75 Å². The van der Waals surface area contributed by atoms with E-state index in [1.807, 2.05) is 34.9 Å². The highest BCUT2D eigenvalue weighted by atomic mass is 79.9. The monoisotopic (exact) mass is 537 g/mol. The lowest BCUT2D eigenvalue weighted by Gasteiger charge is -2.11. The van der Waals surface area contributed by atoms with E-state index in [-0.39, 0.29) is 23.3 Å². The van der Waals surface area contributed by atoms with Crippen molar-refractivity contribution in [3.8, 4) is 22.8 Å². The van der Waals surface area contributed by atoms with Gasteiger partial charge in [-0.05, 0) is 54.6 Å². The lowest BCUT2D eigenvalue weighted by atomic mass is 10.2. The molecule has 8 nitrogen and oxygen atoms in total. The maximum Gasteiger partial charge on any atom is 0.234 e.